The van der Waals surface area contributed by atoms with Gasteiger partial charge >= 0.3 is 5.97 Å². The molecule has 0 spiro atoms. The highest BCUT2D eigenvalue weighted by Crippen LogP contribution is 2.42. The molecule has 0 saturated heterocycles. The first-order valence-electron chi connectivity index (χ1n) is 11.9. The van der Waals surface area contributed by atoms with Crippen LogP contribution in [0, 0.1) is 0 Å². The van der Waals surface area contributed by atoms with Crippen LogP contribution in [0.2, 0.25) is 5.02 Å². The van der Waals surface area contributed by atoms with Crippen molar-refractivity contribution in [2.45, 2.75) is 0 Å². The third-order valence-corrected chi connectivity index (χ3v) is 7.49. The van der Waals surface area contributed by atoms with E-state index in [1.54, 1.807) is 61.7 Å². The molecule has 1 heterocycles. The van der Waals surface area contributed by atoms with E-state index in [9.17, 15) is 9.59 Å². The molecule has 200 valence electrons. The van der Waals surface area contributed by atoms with E-state index in [1.807, 2.05) is 30.3 Å². The molecule has 4 aromatic carbocycles. The quantitative estimate of drug-likeness (QED) is 0.0788. The van der Waals surface area contributed by atoms with Crippen LogP contribution in [-0.2, 0) is 0 Å². The zero-order valence-electron chi connectivity index (χ0n) is 20.9. The molecule has 0 atom stereocenters. The number of carbonyl (C=O) groups is 2. The molecule has 0 aliphatic rings. The first kappa shape index (κ1) is 27.6. The Morgan fingerprint density at radius 1 is 0.950 bits per heavy atom. The van der Waals surface area contributed by atoms with Crippen molar-refractivity contribution in [1.82, 2.24) is 10.4 Å². The lowest BCUT2D eigenvalue weighted by Crippen LogP contribution is -2.19. The van der Waals surface area contributed by atoms with Crippen molar-refractivity contribution in [3.8, 4) is 22.6 Å². The molecular weight excluding hydrogens is 662 g/mol. The predicted octanol–water partition coefficient (Wildman–Crippen LogP) is 8.01. The average Bonchev–Trinajstić information content (AvgIpc) is 3.37. The van der Waals surface area contributed by atoms with Gasteiger partial charge in [-0.1, -0.05) is 79.9 Å². The van der Waals surface area contributed by atoms with Crippen molar-refractivity contribution in [3.63, 3.8) is 0 Å². The fourth-order valence-electron chi connectivity index (χ4n) is 4.18. The number of benzene rings is 4. The number of methoxy groups -OCH3 is 1. The maximum Gasteiger partial charge on any atom is 0.343 e. The second-order valence-corrected chi connectivity index (χ2v) is 10.7. The SMILES string of the molecule is COc1ccc(Br)c2c(-c3ccccc3Cl)c(C(=O)NN=Cc3cc(Br)ccc3OC(=O)c3ccccc3)[nH]c12. The maximum atomic E-state index is 13.5. The molecule has 0 unspecified atom stereocenters. The van der Waals surface area contributed by atoms with Gasteiger partial charge in [0, 0.05) is 36.0 Å². The van der Waals surface area contributed by atoms with Crippen LogP contribution in [0.4, 0.5) is 0 Å². The number of halogens is 3. The fraction of sp³-hybridized carbons (Fsp3) is 0.0333. The third-order valence-electron chi connectivity index (χ3n) is 6.01. The smallest absolute Gasteiger partial charge is 0.343 e. The largest absolute Gasteiger partial charge is 0.495 e. The number of hydrogen-bond acceptors (Lipinski definition) is 5. The zero-order valence-corrected chi connectivity index (χ0v) is 24.8. The minimum atomic E-state index is -0.511. The molecule has 0 fully saturated rings. The van der Waals surface area contributed by atoms with Gasteiger partial charge in [0.25, 0.3) is 5.91 Å². The van der Waals surface area contributed by atoms with E-state index in [2.05, 4.69) is 47.4 Å². The molecular formula is C30H20Br2ClN3O4. The molecule has 0 bridgehead atoms. The minimum absolute atomic E-state index is 0.246. The van der Waals surface area contributed by atoms with Crippen LogP contribution in [-0.4, -0.2) is 30.2 Å². The van der Waals surface area contributed by atoms with Gasteiger partial charge in [-0.3, -0.25) is 4.79 Å². The number of aromatic amines is 1. The number of hydrogen-bond donors (Lipinski definition) is 2. The Hall–Kier alpha value is -3.92. The van der Waals surface area contributed by atoms with Crippen molar-refractivity contribution in [1.29, 1.82) is 0 Å². The van der Waals surface area contributed by atoms with Gasteiger partial charge in [0.05, 0.1) is 24.4 Å². The van der Waals surface area contributed by atoms with Gasteiger partial charge < -0.3 is 14.5 Å². The summed E-state index contributed by atoms with van der Waals surface area (Å²) in [6, 6.07) is 24.7. The number of hydrazone groups is 1. The fourth-order valence-corrected chi connectivity index (χ4v) is 5.31. The number of ether oxygens (including phenoxy) is 2. The topological polar surface area (TPSA) is 92.8 Å². The summed E-state index contributed by atoms with van der Waals surface area (Å²) >= 11 is 13.6. The van der Waals surface area contributed by atoms with Crippen molar-refractivity contribution in [2.75, 3.05) is 7.11 Å². The highest BCUT2D eigenvalue weighted by molar-refractivity contribution is 9.11. The molecule has 0 radical (unpaired) electrons. The summed E-state index contributed by atoms with van der Waals surface area (Å²) in [5.74, 6) is -0.170. The van der Waals surface area contributed by atoms with Crippen LogP contribution >= 0.6 is 43.5 Å². The lowest BCUT2D eigenvalue weighted by Gasteiger charge is -2.09. The minimum Gasteiger partial charge on any atom is -0.495 e. The molecule has 7 nitrogen and oxygen atoms in total. The van der Waals surface area contributed by atoms with E-state index in [1.165, 1.54) is 6.21 Å². The van der Waals surface area contributed by atoms with E-state index in [0.29, 0.717) is 38.5 Å². The number of nitrogens with zero attached hydrogens (tertiary/aromatic N) is 1. The third kappa shape index (κ3) is 5.67. The van der Waals surface area contributed by atoms with Crippen molar-refractivity contribution >= 4 is 72.5 Å². The summed E-state index contributed by atoms with van der Waals surface area (Å²) in [6.45, 7) is 0. The lowest BCUT2D eigenvalue weighted by atomic mass is 10.0. The molecule has 10 heteroatoms. The van der Waals surface area contributed by atoms with Gasteiger partial charge in [-0.2, -0.15) is 5.10 Å². The average molecular weight is 682 g/mol. The van der Waals surface area contributed by atoms with Crippen LogP contribution in [0.1, 0.15) is 26.4 Å². The zero-order chi connectivity index (χ0) is 28.2. The summed E-state index contributed by atoms with van der Waals surface area (Å²) in [5.41, 5.74) is 5.60. The first-order valence-corrected chi connectivity index (χ1v) is 13.9. The van der Waals surface area contributed by atoms with E-state index in [-0.39, 0.29) is 11.4 Å². The van der Waals surface area contributed by atoms with E-state index in [4.69, 9.17) is 21.1 Å². The highest BCUT2D eigenvalue weighted by atomic mass is 79.9. The Bertz CT molecular complexity index is 1770. The van der Waals surface area contributed by atoms with Gasteiger partial charge in [0.1, 0.15) is 17.2 Å². The van der Waals surface area contributed by atoms with Gasteiger partial charge in [-0.15, -0.1) is 0 Å². The number of H-pyrrole nitrogens is 1. The standard InChI is InChI=1S/C30H20Br2ClN3O4/c1-39-24-14-12-21(32)26-25(20-9-5-6-10-22(20)33)28(35-27(24)26)29(37)36-34-16-18-15-19(31)11-13-23(18)40-30(38)17-7-3-2-4-8-17/h2-16,35H,1H3,(H,36,37). The molecule has 1 amide bonds. The van der Waals surface area contributed by atoms with Gasteiger partial charge in [0.15, 0.2) is 0 Å². The number of amides is 1. The number of rotatable bonds is 7. The van der Waals surface area contributed by atoms with Crippen LogP contribution < -0.4 is 14.9 Å². The Kier molecular flexibility index (Phi) is 8.35. The van der Waals surface area contributed by atoms with Crippen molar-refractivity contribution in [3.05, 3.63) is 116 Å². The highest BCUT2D eigenvalue weighted by Gasteiger charge is 2.24. The molecule has 0 aliphatic heterocycles. The number of nitrogens with one attached hydrogen (secondary N) is 2. The first-order chi connectivity index (χ1) is 19.4. The van der Waals surface area contributed by atoms with E-state index >= 15 is 0 Å². The van der Waals surface area contributed by atoms with E-state index in [0.717, 1.165) is 14.3 Å². The Morgan fingerprint density at radius 3 is 2.42 bits per heavy atom. The lowest BCUT2D eigenvalue weighted by molar-refractivity contribution is 0.0734. The Morgan fingerprint density at radius 2 is 1.68 bits per heavy atom. The summed E-state index contributed by atoms with van der Waals surface area (Å²) in [7, 11) is 1.56. The Labute approximate surface area is 251 Å². The molecule has 40 heavy (non-hydrogen) atoms. The molecule has 0 saturated carbocycles. The predicted molar refractivity (Wildman–Crippen MR) is 164 cm³/mol. The Balaban J connectivity index is 1.48. The van der Waals surface area contributed by atoms with Crippen LogP contribution in [0.15, 0.2) is 99.0 Å². The molecule has 5 aromatic rings. The normalized spacial score (nSPS) is 11.1. The van der Waals surface area contributed by atoms with Crippen LogP contribution in [0.25, 0.3) is 22.0 Å². The number of carbonyl (C=O) groups excluding carboxylic acids is 2. The second kappa shape index (κ2) is 12.1. The molecule has 0 aliphatic carbocycles. The van der Waals surface area contributed by atoms with Crippen molar-refractivity contribution in [2.24, 2.45) is 5.10 Å². The van der Waals surface area contributed by atoms with Gasteiger partial charge in [-0.25, -0.2) is 10.2 Å². The molecule has 2 N–H and O–H groups in total. The van der Waals surface area contributed by atoms with Gasteiger partial charge in [0.2, 0.25) is 0 Å². The second-order valence-electron chi connectivity index (χ2n) is 8.49. The molecule has 1 aromatic heterocycles. The van der Waals surface area contributed by atoms with E-state index < -0.39 is 11.9 Å². The summed E-state index contributed by atoms with van der Waals surface area (Å²) in [6.07, 6.45) is 1.41. The number of esters is 1. The monoisotopic (exact) mass is 679 g/mol. The number of fused-ring (bicyclic) bond motifs is 1. The van der Waals surface area contributed by atoms with Crippen LogP contribution in [0.3, 0.4) is 0 Å². The maximum absolute atomic E-state index is 13.5. The van der Waals surface area contributed by atoms with Crippen LogP contribution in [0.5, 0.6) is 11.5 Å². The summed E-state index contributed by atoms with van der Waals surface area (Å²) < 4.78 is 12.6. The number of aromatic nitrogens is 1. The molecule has 5 rings (SSSR count). The van der Waals surface area contributed by atoms with Crippen molar-refractivity contribution < 1.29 is 19.1 Å². The summed E-state index contributed by atoms with van der Waals surface area (Å²) in [4.78, 5) is 29.3. The van der Waals surface area contributed by atoms with Gasteiger partial charge in [-0.05, 0) is 48.5 Å². The summed E-state index contributed by atoms with van der Waals surface area (Å²) in [5, 5.41) is 5.38.